The first-order valence-electron chi connectivity index (χ1n) is 22.1. The topological polar surface area (TPSA) is 22.8 Å². The molecule has 13 aromatic rings. The Kier molecular flexibility index (Phi) is 8.71. The lowest BCUT2D eigenvalue weighted by molar-refractivity contribution is 1.18. The summed E-state index contributed by atoms with van der Waals surface area (Å²) < 4.78 is 5.92. The smallest absolute Gasteiger partial charge is 0.124 e. The van der Waals surface area contributed by atoms with Crippen LogP contribution in [-0.4, -0.2) is 14.1 Å². The zero-order valence-electron chi connectivity index (χ0n) is 35.3. The summed E-state index contributed by atoms with van der Waals surface area (Å²) in [5.74, 6) is 0. The van der Waals surface area contributed by atoms with E-state index in [1.807, 2.05) is 0 Å². The van der Waals surface area contributed by atoms with Gasteiger partial charge in [-0.3, -0.25) is 0 Å². The van der Waals surface area contributed by atoms with E-state index in [9.17, 15) is 0 Å². The van der Waals surface area contributed by atoms with Crippen LogP contribution in [0.1, 0.15) is 0 Å². The zero-order chi connectivity index (χ0) is 42.8. The number of aromatic nitrogens is 3. The number of nitrogens with zero attached hydrogens (tertiary/aromatic N) is 3. The normalized spacial score (nSPS) is 11.7. The Labute approximate surface area is 380 Å². The van der Waals surface area contributed by atoms with E-state index in [0.29, 0.717) is 0 Å². The Bertz CT molecular complexity index is 3660. The minimum absolute atomic E-state index is 1.02. The van der Waals surface area contributed by atoms with Crippen LogP contribution in [0.3, 0.4) is 0 Å². The van der Waals surface area contributed by atoms with Crippen molar-refractivity contribution in [2.75, 3.05) is 0 Å². The summed E-state index contributed by atoms with van der Waals surface area (Å²) >= 11 is 1.77. The van der Waals surface area contributed by atoms with Crippen molar-refractivity contribution in [3.8, 4) is 66.5 Å². The molecule has 0 bridgehead atoms. The number of fused-ring (bicyclic) bond motifs is 7. The van der Waals surface area contributed by atoms with Gasteiger partial charge in [-0.15, -0.1) is 11.3 Å². The van der Waals surface area contributed by atoms with E-state index in [1.165, 1.54) is 93.1 Å². The molecule has 0 N–H and O–H groups in total. The van der Waals surface area contributed by atoms with Gasteiger partial charge in [0.05, 0.1) is 32.3 Å². The second-order valence-electron chi connectivity index (χ2n) is 16.7. The first-order valence-corrected chi connectivity index (χ1v) is 22.9. The van der Waals surface area contributed by atoms with Gasteiger partial charge in [-0.1, -0.05) is 176 Å². The molecule has 10 aromatic carbocycles. The molecule has 65 heavy (non-hydrogen) atoms. The molecule has 0 aliphatic carbocycles. The molecule has 0 amide bonds. The molecule has 0 radical (unpaired) electrons. The van der Waals surface area contributed by atoms with Gasteiger partial charge >= 0.3 is 0 Å². The molecule has 0 fully saturated rings. The first kappa shape index (κ1) is 37.3. The molecule has 3 heterocycles. The highest BCUT2D eigenvalue weighted by Gasteiger charge is 2.18. The average Bonchev–Trinajstić information content (AvgIpc) is 4.08. The number of benzene rings is 10. The van der Waals surface area contributed by atoms with Crippen molar-refractivity contribution in [1.29, 1.82) is 0 Å². The van der Waals surface area contributed by atoms with Gasteiger partial charge in [0.2, 0.25) is 0 Å². The minimum Gasteiger partial charge on any atom is -0.309 e. The van der Waals surface area contributed by atoms with Crippen LogP contribution < -0.4 is 0 Å². The molecule has 0 saturated heterocycles. The lowest BCUT2D eigenvalue weighted by Gasteiger charge is -2.11. The molecule has 0 unspecified atom stereocenters. The van der Waals surface area contributed by atoms with Gasteiger partial charge in [0.25, 0.3) is 0 Å². The van der Waals surface area contributed by atoms with Gasteiger partial charge in [-0.2, -0.15) is 0 Å². The Hall–Kier alpha value is -8.31. The van der Waals surface area contributed by atoms with E-state index in [2.05, 4.69) is 246 Å². The summed E-state index contributed by atoms with van der Waals surface area (Å²) in [6.07, 6.45) is 0. The molecule has 0 atom stereocenters. The van der Waals surface area contributed by atoms with Crippen LogP contribution in [0.4, 0.5) is 0 Å². The summed E-state index contributed by atoms with van der Waals surface area (Å²) in [6, 6.07) is 85.6. The van der Waals surface area contributed by atoms with Crippen LogP contribution in [-0.2, 0) is 0 Å². The largest absolute Gasteiger partial charge is 0.309 e. The predicted molar refractivity (Wildman–Crippen MR) is 275 cm³/mol. The molecule has 3 aromatic heterocycles. The van der Waals surface area contributed by atoms with Crippen LogP contribution in [0.2, 0.25) is 0 Å². The fourth-order valence-corrected chi connectivity index (χ4v) is 11.0. The summed E-state index contributed by atoms with van der Waals surface area (Å²) in [6.45, 7) is 0. The summed E-state index contributed by atoms with van der Waals surface area (Å²) in [7, 11) is 0. The maximum absolute atomic E-state index is 5.37. The van der Waals surface area contributed by atoms with Gasteiger partial charge in [-0.05, 0) is 94.0 Å². The van der Waals surface area contributed by atoms with E-state index in [0.717, 1.165) is 27.2 Å². The van der Waals surface area contributed by atoms with Gasteiger partial charge in [0.15, 0.2) is 0 Å². The number of para-hydroxylation sites is 4. The quantitative estimate of drug-likeness (QED) is 0.157. The standard InChI is InChI=1S/C61H39N3S/c1-4-14-44(15-5-1)61-62-59-49(42-28-24-40(25-29-42)45-32-36-57-53(38-45)51-20-10-12-22-55(51)63(57)47-16-6-2-7-17-47)34-35-50(60(59)65-61)43-30-26-41(27-31-43)46-33-37-58-54(39-46)52-21-11-13-23-56(52)64(58)48-18-8-3-9-19-48/h1-39H. The van der Waals surface area contributed by atoms with Crippen molar-refractivity contribution in [2.24, 2.45) is 0 Å². The lowest BCUT2D eigenvalue weighted by Crippen LogP contribution is -1.92. The third kappa shape index (κ3) is 6.22. The Morgan fingerprint density at radius 1 is 0.292 bits per heavy atom. The van der Waals surface area contributed by atoms with Crippen molar-refractivity contribution in [3.63, 3.8) is 0 Å². The maximum atomic E-state index is 5.37. The van der Waals surface area contributed by atoms with E-state index in [4.69, 9.17) is 4.98 Å². The highest BCUT2D eigenvalue weighted by atomic mass is 32.1. The second-order valence-corrected chi connectivity index (χ2v) is 17.7. The summed E-state index contributed by atoms with van der Waals surface area (Å²) in [5.41, 5.74) is 18.8. The number of rotatable bonds is 7. The number of thiazole rings is 1. The minimum atomic E-state index is 1.02. The SMILES string of the molecule is c1ccc(-c2nc3c(-c4ccc(-c5ccc6c(c5)c5ccccc5n6-c5ccccc5)cc4)ccc(-c4ccc(-c5ccc6c(c5)c5ccccc5n6-c5ccccc5)cc4)c3s2)cc1. The lowest BCUT2D eigenvalue weighted by atomic mass is 9.95. The molecule has 0 aliphatic rings. The van der Waals surface area contributed by atoms with Crippen molar-refractivity contribution >= 4 is 65.2 Å². The van der Waals surface area contributed by atoms with Gasteiger partial charge < -0.3 is 9.13 Å². The molecular weight excluding hydrogens is 807 g/mol. The van der Waals surface area contributed by atoms with Gasteiger partial charge in [0, 0.05) is 49.6 Å². The van der Waals surface area contributed by atoms with Crippen LogP contribution >= 0.6 is 11.3 Å². The van der Waals surface area contributed by atoms with Gasteiger partial charge in [0.1, 0.15) is 5.01 Å². The van der Waals surface area contributed by atoms with E-state index >= 15 is 0 Å². The fraction of sp³-hybridized carbons (Fsp3) is 0. The molecule has 0 aliphatic heterocycles. The molecule has 304 valence electrons. The Morgan fingerprint density at radius 3 is 1.22 bits per heavy atom. The summed E-state index contributed by atoms with van der Waals surface area (Å²) in [5, 5.41) is 6.03. The second kappa shape index (κ2) is 15.2. The van der Waals surface area contributed by atoms with Crippen LogP contribution in [0.15, 0.2) is 237 Å². The monoisotopic (exact) mass is 845 g/mol. The van der Waals surface area contributed by atoms with Crippen LogP contribution in [0.25, 0.3) is 120 Å². The molecule has 4 heteroatoms. The van der Waals surface area contributed by atoms with Crippen molar-refractivity contribution in [2.45, 2.75) is 0 Å². The number of hydrogen-bond acceptors (Lipinski definition) is 2. The maximum Gasteiger partial charge on any atom is 0.124 e. The molecule has 0 saturated carbocycles. The van der Waals surface area contributed by atoms with Crippen molar-refractivity contribution in [1.82, 2.24) is 14.1 Å². The Balaban J connectivity index is 0.866. The Morgan fingerprint density at radius 2 is 0.692 bits per heavy atom. The highest BCUT2D eigenvalue weighted by molar-refractivity contribution is 7.22. The molecule has 0 spiro atoms. The van der Waals surface area contributed by atoms with E-state index < -0.39 is 0 Å². The van der Waals surface area contributed by atoms with Crippen LogP contribution in [0.5, 0.6) is 0 Å². The van der Waals surface area contributed by atoms with Gasteiger partial charge in [-0.25, -0.2) is 4.98 Å². The van der Waals surface area contributed by atoms with Crippen LogP contribution in [0, 0.1) is 0 Å². The van der Waals surface area contributed by atoms with Crippen molar-refractivity contribution in [3.05, 3.63) is 237 Å². The van der Waals surface area contributed by atoms with Crippen molar-refractivity contribution < 1.29 is 0 Å². The highest BCUT2D eigenvalue weighted by Crippen LogP contribution is 2.43. The average molecular weight is 846 g/mol. The zero-order valence-corrected chi connectivity index (χ0v) is 36.1. The third-order valence-corrected chi connectivity index (χ3v) is 14.1. The third-order valence-electron chi connectivity index (χ3n) is 13.0. The fourth-order valence-electron chi connectivity index (χ4n) is 9.87. The molecular formula is C61H39N3S. The van der Waals surface area contributed by atoms with E-state index in [-0.39, 0.29) is 0 Å². The first-order chi connectivity index (χ1) is 32.2. The molecule has 13 rings (SSSR count). The predicted octanol–water partition coefficient (Wildman–Crippen LogP) is 16.8. The molecule has 3 nitrogen and oxygen atoms in total. The summed E-state index contributed by atoms with van der Waals surface area (Å²) in [4.78, 5) is 5.37. The number of hydrogen-bond donors (Lipinski definition) is 0. The van der Waals surface area contributed by atoms with E-state index in [1.54, 1.807) is 11.3 Å².